The average Bonchev–Trinajstić information content (AvgIpc) is 2.58. The fraction of sp³-hybridized carbons (Fsp3) is 0.471. The molecule has 0 saturated carbocycles. The zero-order valence-corrected chi connectivity index (χ0v) is 14.3. The molecule has 6 nitrogen and oxygen atoms in total. The number of hydrogen-bond donors (Lipinski definition) is 2. The van der Waals surface area contributed by atoms with Gasteiger partial charge >= 0.3 is 0 Å². The van der Waals surface area contributed by atoms with E-state index in [9.17, 15) is 9.59 Å². The van der Waals surface area contributed by atoms with Gasteiger partial charge in [-0.2, -0.15) is 11.8 Å². The van der Waals surface area contributed by atoms with Crippen LogP contribution in [-0.2, 0) is 10.5 Å². The zero-order chi connectivity index (χ0) is 16.9. The molecule has 128 valence electrons. The molecule has 1 amide bonds. The van der Waals surface area contributed by atoms with Crippen LogP contribution in [0.25, 0.3) is 10.9 Å². The van der Waals surface area contributed by atoms with Gasteiger partial charge in [0, 0.05) is 31.3 Å². The summed E-state index contributed by atoms with van der Waals surface area (Å²) in [6.45, 7) is 1.49. The van der Waals surface area contributed by atoms with Crippen molar-refractivity contribution in [1.82, 2.24) is 14.9 Å². The van der Waals surface area contributed by atoms with Crippen LogP contribution in [0.5, 0.6) is 0 Å². The summed E-state index contributed by atoms with van der Waals surface area (Å²) in [6.07, 6.45) is 2.48. The highest BCUT2D eigenvalue weighted by molar-refractivity contribution is 7.98. The highest BCUT2D eigenvalue weighted by atomic mass is 32.2. The average molecular weight is 346 g/mol. The fourth-order valence-electron chi connectivity index (χ4n) is 2.93. The quantitative estimate of drug-likeness (QED) is 0.801. The lowest BCUT2D eigenvalue weighted by Crippen LogP contribution is -2.45. The molecule has 2 heterocycles. The standard InChI is InChI=1S/C17H22N4O2S/c18-12-4-3-8-21(10-12)16(22)7-9-24-11-15-19-14-6-2-1-5-13(14)17(23)20-15/h1-2,5-6,12H,3-4,7-11,18H2,(H,19,20,23). The first-order chi connectivity index (χ1) is 11.6. The van der Waals surface area contributed by atoms with Crippen LogP contribution in [0.4, 0.5) is 0 Å². The van der Waals surface area contributed by atoms with E-state index in [4.69, 9.17) is 5.73 Å². The third-order valence-electron chi connectivity index (χ3n) is 4.17. The second-order valence-corrected chi connectivity index (χ2v) is 7.18. The van der Waals surface area contributed by atoms with Crippen LogP contribution in [0, 0.1) is 0 Å². The van der Waals surface area contributed by atoms with Crippen LogP contribution < -0.4 is 11.3 Å². The highest BCUT2D eigenvalue weighted by Crippen LogP contribution is 2.14. The molecule has 0 radical (unpaired) electrons. The maximum Gasteiger partial charge on any atom is 0.258 e. The minimum absolute atomic E-state index is 0.113. The lowest BCUT2D eigenvalue weighted by atomic mass is 10.1. The maximum absolute atomic E-state index is 12.2. The van der Waals surface area contributed by atoms with Crippen molar-refractivity contribution in [2.24, 2.45) is 5.73 Å². The van der Waals surface area contributed by atoms with Gasteiger partial charge in [0.2, 0.25) is 5.91 Å². The van der Waals surface area contributed by atoms with Gasteiger partial charge in [-0.25, -0.2) is 4.98 Å². The van der Waals surface area contributed by atoms with Crippen LogP contribution in [0.2, 0.25) is 0 Å². The number of nitrogens with two attached hydrogens (primary N) is 1. The molecular formula is C17H22N4O2S. The molecule has 0 bridgehead atoms. The van der Waals surface area contributed by atoms with Crippen molar-refractivity contribution in [1.29, 1.82) is 0 Å². The number of fused-ring (bicyclic) bond motifs is 1. The number of piperidine rings is 1. The Morgan fingerprint density at radius 2 is 2.25 bits per heavy atom. The molecule has 1 unspecified atom stereocenters. The Kier molecular flexibility index (Phi) is 5.52. The molecule has 1 aromatic carbocycles. The van der Waals surface area contributed by atoms with Crippen molar-refractivity contribution in [3.05, 3.63) is 40.4 Å². The topological polar surface area (TPSA) is 92.1 Å². The summed E-state index contributed by atoms with van der Waals surface area (Å²) >= 11 is 1.61. The Bertz CT molecular complexity index is 777. The van der Waals surface area contributed by atoms with E-state index >= 15 is 0 Å². The van der Waals surface area contributed by atoms with Crippen LogP contribution in [0.3, 0.4) is 0 Å². The van der Waals surface area contributed by atoms with Gasteiger partial charge in [0.05, 0.1) is 16.7 Å². The van der Waals surface area contributed by atoms with E-state index in [1.54, 1.807) is 17.8 Å². The number of H-pyrrole nitrogens is 1. The number of thioether (sulfide) groups is 1. The summed E-state index contributed by atoms with van der Waals surface area (Å²) in [6, 6.07) is 7.41. The van der Waals surface area contributed by atoms with Gasteiger partial charge in [-0.3, -0.25) is 9.59 Å². The van der Waals surface area contributed by atoms with E-state index in [1.807, 2.05) is 23.1 Å². The summed E-state index contributed by atoms with van der Waals surface area (Å²) in [5.41, 5.74) is 6.50. The predicted molar refractivity (Wildman–Crippen MR) is 96.9 cm³/mol. The van der Waals surface area contributed by atoms with Crippen LogP contribution >= 0.6 is 11.8 Å². The van der Waals surface area contributed by atoms with Crippen molar-refractivity contribution in [3.63, 3.8) is 0 Å². The Hall–Kier alpha value is -1.86. The zero-order valence-electron chi connectivity index (χ0n) is 13.5. The van der Waals surface area contributed by atoms with Crippen molar-refractivity contribution in [2.75, 3.05) is 18.8 Å². The lowest BCUT2D eigenvalue weighted by Gasteiger charge is -2.30. The van der Waals surface area contributed by atoms with Gasteiger partial charge in [-0.05, 0) is 25.0 Å². The predicted octanol–water partition coefficient (Wildman–Crippen LogP) is 1.50. The molecule has 0 aliphatic carbocycles. The third kappa shape index (κ3) is 4.15. The van der Waals surface area contributed by atoms with Crippen LogP contribution in [0.1, 0.15) is 25.1 Å². The first kappa shape index (κ1) is 17.0. The molecule has 1 atom stereocenters. The van der Waals surface area contributed by atoms with E-state index in [0.717, 1.165) is 19.4 Å². The van der Waals surface area contributed by atoms with E-state index in [0.29, 0.717) is 41.2 Å². The third-order valence-corrected chi connectivity index (χ3v) is 5.14. The van der Waals surface area contributed by atoms with E-state index in [-0.39, 0.29) is 17.5 Å². The number of para-hydroxylation sites is 1. The monoisotopic (exact) mass is 346 g/mol. The SMILES string of the molecule is NC1CCCN(C(=O)CCSCc2nc3ccccc3c(=O)[nH]2)C1. The highest BCUT2D eigenvalue weighted by Gasteiger charge is 2.20. The number of amides is 1. The Balaban J connectivity index is 1.50. The number of likely N-dealkylation sites (tertiary alicyclic amines) is 1. The molecular weight excluding hydrogens is 324 g/mol. The molecule has 7 heteroatoms. The summed E-state index contributed by atoms with van der Waals surface area (Å²) in [5.74, 6) is 2.11. The van der Waals surface area contributed by atoms with E-state index in [1.165, 1.54) is 0 Å². The summed E-state index contributed by atoms with van der Waals surface area (Å²) in [4.78, 5) is 33.3. The number of benzene rings is 1. The van der Waals surface area contributed by atoms with Gasteiger partial charge in [-0.1, -0.05) is 12.1 Å². The molecule has 1 aromatic heterocycles. The van der Waals surface area contributed by atoms with Gasteiger partial charge < -0.3 is 15.6 Å². The van der Waals surface area contributed by atoms with Crippen molar-refractivity contribution in [2.45, 2.75) is 31.1 Å². The van der Waals surface area contributed by atoms with Crippen molar-refractivity contribution in [3.8, 4) is 0 Å². The number of carbonyl (C=O) groups is 1. The summed E-state index contributed by atoms with van der Waals surface area (Å²) < 4.78 is 0. The molecule has 1 saturated heterocycles. The Morgan fingerprint density at radius 3 is 3.08 bits per heavy atom. The first-order valence-electron chi connectivity index (χ1n) is 8.22. The molecule has 3 rings (SSSR count). The fourth-order valence-corrected chi connectivity index (χ4v) is 3.72. The molecule has 1 aliphatic heterocycles. The minimum atomic E-state index is -0.116. The lowest BCUT2D eigenvalue weighted by molar-refractivity contribution is -0.131. The summed E-state index contributed by atoms with van der Waals surface area (Å²) in [5, 5.41) is 0.600. The summed E-state index contributed by atoms with van der Waals surface area (Å²) in [7, 11) is 0. The minimum Gasteiger partial charge on any atom is -0.341 e. The maximum atomic E-state index is 12.2. The van der Waals surface area contributed by atoms with E-state index < -0.39 is 0 Å². The second-order valence-electron chi connectivity index (χ2n) is 6.07. The van der Waals surface area contributed by atoms with Gasteiger partial charge in [0.1, 0.15) is 5.82 Å². The first-order valence-corrected chi connectivity index (χ1v) is 9.38. The Labute approximate surface area is 144 Å². The van der Waals surface area contributed by atoms with Crippen LogP contribution in [-0.4, -0.2) is 45.7 Å². The number of nitrogens with zero attached hydrogens (tertiary/aromatic N) is 2. The molecule has 2 aromatic rings. The number of nitrogens with one attached hydrogen (secondary N) is 1. The number of rotatable bonds is 5. The largest absolute Gasteiger partial charge is 0.341 e. The van der Waals surface area contributed by atoms with Crippen molar-refractivity contribution >= 4 is 28.6 Å². The molecule has 0 spiro atoms. The van der Waals surface area contributed by atoms with Gasteiger partial charge in [0.25, 0.3) is 5.56 Å². The molecule has 3 N–H and O–H groups in total. The number of hydrogen-bond acceptors (Lipinski definition) is 5. The number of aromatic amines is 1. The molecule has 24 heavy (non-hydrogen) atoms. The van der Waals surface area contributed by atoms with Gasteiger partial charge in [-0.15, -0.1) is 0 Å². The molecule has 1 fully saturated rings. The van der Waals surface area contributed by atoms with Gasteiger partial charge in [0.15, 0.2) is 0 Å². The second kappa shape index (κ2) is 7.81. The molecule has 1 aliphatic rings. The van der Waals surface area contributed by atoms with Crippen molar-refractivity contribution < 1.29 is 4.79 Å². The number of carbonyl (C=O) groups excluding carboxylic acids is 1. The Morgan fingerprint density at radius 1 is 1.42 bits per heavy atom. The smallest absolute Gasteiger partial charge is 0.258 e. The van der Waals surface area contributed by atoms with E-state index in [2.05, 4.69) is 9.97 Å². The van der Waals surface area contributed by atoms with Crippen LogP contribution in [0.15, 0.2) is 29.1 Å². The number of aromatic nitrogens is 2. The normalized spacial score (nSPS) is 18.0.